The molecule has 5 atom stereocenters. The van der Waals surface area contributed by atoms with Gasteiger partial charge >= 0.3 is 5.97 Å². The summed E-state index contributed by atoms with van der Waals surface area (Å²) in [6, 6.07) is 0. The summed E-state index contributed by atoms with van der Waals surface area (Å²) in [6.07, 6.45) is 0.229. The van der Waals surface area contributed by atoms with E-state index in [-0.39, 0.29) is 12.8 Å². The predicted molar refractivity (Wildman–Crippen MR) is 76.8 cm³/mol. The Hall–Kier alpha value is -0.690. The van der Waals surface area contributed by atoms with E-state index in [2.05, 4.69) is 0 Å². The maximum Gasteiger partial charge on any atom is 0.338 e. The number of ether oxygens (including phenoxy) is 1. The van der Waals surface area contributed by atoms with Crippen LogP contribution in [0.3, 0.4) is 0 Å². The summed E-state index contributed by atoms with van der Waals surface area (Å²) in [7, 11) is 0. The Kier molecular flexibility index (Phi) is 4.00. The van der Waals surface area contributed by atoms with E-state index in [1.807, 2.05) is 6.92 Å². The van der Waals surface area contributed by atoms with Gasteiger partial charge in [0.15, 0.2) is 5.60 Å². The normalized spacial score (nSPS) is 51.0. The maximum atomic E-state index is 12.5. The number of carbonyl (C=O) groups is 1. The highest BCUT2D eigenvalue weighted by atomic mass is 16.6. The summed E-state index contributed by atoms with van der Waals surface area (Å²) in [5.41, 5.74) is -2.44. The SMILES string of the molecule is CCC1(OC(=O)C2(O)CC(O)C(O)C(O)C2)CC2CCC1C2. The van der Waals surface area contributed by atoms with Crippen LogP contribution < -0.4 is 0 Å². The Morgan fingerprint density at radius 1 is 1.14 bits per heavy atom. The molecular weight excluding hydrogens is 288 g/mol. The molecule has 0 aromatic rings. The molecule has 0 aromatic heterocycles. The summed E-state index contributed by atoms with van der Waals surface area (Å²) in [4.78, 5) is 12.5. The maximum absolute atomic E-state index is 12.5. The number of hydrogen-bond donors (Lipinski definition) is 4. The van der Waals surface area contributed by atoms with Crippen molar-refractivity contribution in [3.05, 3.63) is 0 Å². The van der Waals surface area contributed by atoms with Crippen LogP contribution in [0.2, 0.25) is 0 Å². The molecule has 3 aliphatic rings. The molecule has 3 saturated carbocycles. The zero-order valence-corrected chi connectivity index (χ0v) is 12.9. The highest BCUT2D eigenvalue weighted by Crippen LogP contribution is 2.54. The Morgan fingerprint density at radius 3 is 2.23 bits per heavy atom. The van der Waals surface area contributed by atoms with Crippen LogP contribution in [-0.4, -0.2) is 55.9 Å². The molecule has 4 N–H and O–H groups in total. The van der Waals surface area contributed by atoms with Crippen molar-refractivity contribution in [2.24, 2.45) is 11.8 Å². The lowest BCUT2D eigenvalue weighted by Gasteiger charge is -2.42. The van der Waals surface area contributed by atoms with Gasteiger partial charge in [0.25, 0.3) is 0 Å². The van der Waals surface area contributed by atoms with Crippen LogP contribution in [0.15, 0.2) is 0 Å². The minimum Gasteiger partial charge on any atom is -0.457 e. The van der Waals surface area contributed by atoms with Gasteiger partial charge in [-0.05, 0) is 43.9 Å². The molecule has 3 fully saturated rings. The van der Waals surface area contributed by atoms with E-state index in [4.69, 9.17) is 4.74 Å². The quantitative estimate of drug-likeness (QED) is 0.551. The van der Waals surface area contributed by atoms with Crippen LogP contribution in [0.25, 0.3) is 0 Å². The molecule has 6 heteroatoms. The van der Waals surface area contributed by atoms with Gasteiger partial charge in [0.2, 0.25) is 0 Å². The van der Waals surface area contributed by atoms with Gasteiger partial charge in [-0.1, -0.05) is 6.92 Å². The molecule has 6 nitrogen and oxygen atoms in total. The molecule has 0 amide bonds. The number of esters is 1. The van der Waals surface area contributed by atoms with Gasteiger partial charge in [-0.25, -0.2) is 4.79 Å². The molecule has 3 rings (SSSR count). The van der Waals surface area contributed by atoms with E-state index in [1.165, 1.54) is 6.42 Å². The van der Waals surface area contributed by atoms with Crippen molar-refractivity contribution in [3.63, 3.8) is 0 Å². The Labute approximate surface area is 130 Å². The third-order valence-electron chi connectivity index (χ3n) is 6.08. The van der Waals surface area contributed by atoms with Crippen LogP contribution in [-0.2, 0) is 9.53 Å². The second kappa shape index (κ2) is 5.44. The number of hydrogen-bond acceptors (Lipinski definition) is 6. The fourth-order valence-electron chi connectivity index (χ4n) is 4.74. The third-order valence-corrected chi connectivity index (χ3v) is 6.08. The summed E-state index contributed by atoms with van der Waals surface area (Å²) >= 11 is 0. The van der Waals surface area contributed by atoms with Crippen molar-refractivity contribution in [2.45, 2.75) is 81.4 Å². The second-order valence-corrected chi connectivity index (χ2v) is 7.45. The summed E-state index contributed by atoms with van der Waals surface area (Å²) in [5, 5.41) is 39.6. The molecule has 3 aliphatic carbocycles. The number of fused-ring (bicyclic) bond motifs is 2. The minimum atomic E-state index is -1.93. The van der Waals surface area contributed by atoms with Crippen molar-refractivity contribution in [2.75, 3.05) is 0 Å². The fourth-order valence-corrected chi connectivity index (χ4v) is 4.74. The van der Waals surface area contributed by atoms with Gasteiger partial charge in [-0.2, -0.15) is 0 Å². The van der Waals surface area contributed by atoms with Crippen LogP contribution in [0.4, 0.5) is 0 Å². The van der Waals surface area contributed by atoms with Gasteiger partial charge in [-0.3, -0.25) is 0 Å². The van der Waals surface area contributed by atoms with Gasteiger partial charge in [0.1, 0.15) is 11.7 Å². The molecule has 0 radical (unpaired) electrons. The molecule has 126 valence electrons. The van der Waals surface area contributed by atoms with Crippen molar-refractivity contribution in [1.29, 1.82) is 0 Å². The van der Waals surface area contributed by atoms with Gasteiger partial charge < -0.3 is 25.2 Å². The van der Waals surface area contributed by atoms with Crippen LogP contribution in [0.1, 0.15) is 51.9 Å². The monoisotopic (exact) mass is 314 g/mol. The lowest BCUT2D eigenvalue weighted by atomic mass is 9.78. The van der Waals surface area contributed by atoms with Crippen LogP contribution in [0.5, 0.6) is 0 Å². The van der Waals surface area contributed by atoms with Crippen molar-refractivity contribution in [1.82, 2.24) is 0 Å². The summed E-state index contributed by atoms with van der Waals surface area (Å²) in [6.45, 7) is 1.99. The van der Waals surface area contributed by atoms with E-state index in [0.29, 0.717) is 18.3 Å². The second-order valence-electron chi connectivity index (χ2n) is 7.45. The average Bonchev–Trinajstić information content (AvgIpc) is 3.05. The van der Waals surface area contributed by atoms with Crippen LogP contribution >= 0.6 is 0 Å². The first-order chi connectivity index (χ1) is 10.3. The third kappa shape index (κ3) is 2.46. The largest absolute Gasteiger partial charge is 0.457 e. The average molecular weight is 314 g/mol. The topological polar surface area (TPSA) is 107 Å². The fraction of sp³-hybridized carbons (Fsp3) is 0.938. The molecule has 0 aromatic carbocycles. The molecule has 22 heavy (non-hydrogen) atoms. The molecule has 0 aliphatic heterocycles. The van der Waals surface area contributed by atoms with E-state index in [9.17, 15) is 25.2 Å². The van der Waals surface area contributed by atoms with E-state index < -0.39 is 35.5 Å². The zero-order chi connectivity index (χ0) is 16.1. The highest BCUT2D eigenvalue weighted by molar-refractivity contribution is 5.80. The first kappa shape index (κ1) is 16.2. The van der Waals surface area contributed by atoms with Crippen molar-refractivity contribution >= 4 is 5.97 Å². The van der Waals surface area contributed by atoms with Gasteiger partial charge in [0, 0.05) is 12.8 Å². The lowest BCUT2D eigenvalue weighted by Crippen LogP contribution is -2.58. The Bertz CT molecular complexity index is 440. The minimum absolute atomic E-state index is 0.308. The first-order valence-corrected chi connectivity index (χ1v) is 8.29. The first-order valence-electron chi connectivity index (χ1n) is 8.29. The Balaban J connectivity index is 1.73. The standard InChI is InChI=1S/C16H26O6/c1-2-16(6-9-3-4-10(16)5-9)22-14(20)15(21)7-11(17)13(19)12(18)8-15/h9-13,17-19,21H,2-8H2,1H3. The molecule has 0 saturated heterocycles. The highest BCUT2D eigenvalue weighted by Gasteiger charge is 2.56. The Morgan fingerprint density at radius 2 is 1.77 bits per heavy atom. The molecular formula is C16H26O6. The van der Waals surface area contributed by atoms with Crippen LogP contribution in [0, 0.1) is 11.8 Å². The number of aliphatic hydroxyl groups excluding tert-OH is 3. The van der Waals surface area contributed by atoms with Crippen molar-refractivity contribution < 1.29 is 30.0 Å². The van der Waals surface area contributed by atoms with E-state index >= 15 is 0 Å². The molecule has 5 unspecified atom stereocenters. The van der Waals surface area contributed by atoms with Gasteiger partial charge in [0.05, 0.1) is 12.2 Å². The smallest absolute Gasteiger partial charge is 0.338 e. The number of aliphatic hydroxyl groups is 4. The predicted octanol–water partition coefficient (Wildman–Crippen LogP) is 0.106. The van der Waals surface area contributed by atoms with E-state index in [1.54, 1.807) is 0 Å². The number of rotatable bonds is 3. The summed E-state index contributed by atoms with van der Waals surface area (Å²) < 4.78 is 5.76. The van der Waals surface area contributed by atoms with E-state index in [0.717, 1.165) is 19.3 Å². The number of carbonyl (C=O) groups excluding carboxylic acids is 1. The van der Waals surface area contributed by atoms with Crippen molar-refractivity contribution in [3.8, 4) is 0 Å². The molecule has 0 spiro atoms. The molecule has 2 bridgehead atoms. The lowest BCUT2D eigenvalue weighted by molar-refractivity contribution is -0.209. The zero-order valence-electron chi connectivity index (χ0n) is 12.9. The summed E-state index contributed by atoms with van der Waals surface area (Å²) in [5.74, 6) is 0.169. The molecule has 0 heterocycles. The van der Waals surface area contributed by atoms with Gasteiger partial charge in [-0.15, -0.1) is 0 Å².